The maximum absolute atomic E-state index is 12.1. The predicted molar refractivity (Wildman–Crippen MR) is 75.9 cm³/mol. The molecule has 0 aromatic rings. The van der Waals surface area contributed by atoms with Crippen LogP contribution in [0.15, 0.2) is 29.0 Å². The molecule has 1 aliphatic heterocycles. The second kappa shape index (κ2) is 5.01. The highest BCUT2D eigenvalue weighted by atomic mass is 79.9. The van der Waals surface area contributed by atoms with E-state index in [4.69, 9.17) is 4.74 Å². The summed E-state index contributed by atoms with van der Waals surface area (Å²) < 4.78 is 5.80. The molecule has 0 radical (unpaired) electrons. The molecule has 0 saturated heterocycles. The summed E-state index contributed by atoms with van der Waals surface area (Å²) in [7, 11) is 0. The van der Waals surface area contributed by atoms with E-state index in [-0.39, 0.29) is 11.6 Å². The van der Waals surface area contributed by atoms with Crippen LogP contribution < -0.4 is 0 Å². The van der Waals surface area contributed by atoms with Crippen LogP contribution in [0.4, 0.5) is 4.79 Å². The molecule has 1 heterocycles. The third-order valence-corrected chi connectivity index (χ3v) is 3.42. The minimum Gasteiger partial charge on any atom is -0.442 e. The first kappa shape index (κ1) is 14.7. The molecule has 1 aliphatic carbocycles. The number of hydrogen-bond acceptors (Lipinski definition) is 5. The number of rotatable bonds is 1. The van der Waals surface area contributed by atoms with Crippen molar-refractivity contribution in [3.05, 3.63) is 34.0 Å². The zero-order valence-corrected chi connectivity index (χ0v) is 12.8. The molecule has 7 nitrogen and oxygen atoms in total. The van der Waals surface area contributed by atoms with Gasteiger partial charge in [-0.25, -0.2) is 4.79 Å². The Hall–Kier alpha value is -1.70. The molecule has 0 bridgehead atoms. The van der Waals surface area contributed by atoms with Gasteiger partial charge in [0.15, 0.2) is 0 Å². The van der Waals surface area contributed by atoms with Crippen LogP contribution in [0.2, 0.25) is 0 Å². The molecule has 1 amide bonds. The van der Waals surface area contributed by atoms with Crippen molar-refractivity contribution in [2.24, 2.45) is 11.0 Å². The number of hydrogen-bond donors (Lipinski definition) is 0. The largest absolute Gasteiger partial charge is 0.442 e. The Morgan fingerprint density at radius 3 is 2.75 bits per heavy atom. The summed E-state index contributed by atoms with van der Waals surface area (Å²) >= 11 is 3.28. The van der Waals surface area contributed by atoms with Crippen molar-refractivity contribution < 1.29 is 14.5 Å². The Labute approximate surface area is 124 Å². The van der Waals surface area contributed by atoms with Crippen molar-refractivity contribution in [1.82, 2.24) is 5.01 Å². The van der Waals surface area contributed by atoms with Crippen LogP contribution in [0.25, 0.3) is 0 Å². The molecule has 2 atom stereocenters. The zero-order valence-electron chi connectivity index (χ0n) is 11.2. The fourth-order valence-corrected chi connectivity index (χ4v) is 2.52. The number of allylic oxidation sites excluding steroid dienone is 1. The molecule has 2 unspecified atom stereocenters. The minimum atomic E-state index is -0.655. The number of hydrazone groups is 1. The normalized spacial score (nSPS) is 24.9. The molecule has 108 valence electrons. The van der Waals surface area contributed by atoms with Crippen LogP contribution >= 0.6 is 15.9 Å². The topological polar surface area (TPSA) is 85.0 Å². The molecule has 0 fully saturated rings. The summed E-state index contributed by atoms with van der Waals surface area (Å²) in [6, 6.07) is -0.537. The number of amides is 1. The summed E-state index contributed by atoms with van der Waals surface area (Å²) in [6.07, 6.45) is 3.85. The van der Waals surface area contributed by atoms with Gasteiger partial charge in [0.2, 0.25) is 0 Å². The summed E-state index contributed by atoms with van der Waals surface area (Å²) in [6.45, 7) is 5.24. The van der Waals surface area contributed by atoms with E-state index in [1.807, 2.05) is 0 Å². The van der Waals surface area contributed by atoms with Crippen LogP contribution in [0, 0.1) is 16.0 Å². The monoisotopic (exact) mass is 343 g/mol. The first-order valence-corrected chi connectivity index (χ1v) is 6.79. The average molecular weight is 344 g/mol. The van der Waals surface area contributed by atoms with Gasteiger partial charge in [-0.05, 0) is 36.7 Å². The molecule has 0 spiro atoms. The minimum absolute atomic E-state index is 0.0581. The van der Waals surface area contributed by atoms with Gasteiger partial charge in [-0.2, -0.15) is 10.1 Å². The molecule has 0 N–H and O–H groups in total. The lowest BCUT2D eigenvalue weighted by molar-refractivity contribution is -0.419. The van der Waals surface area contributed by atoms with Crippen LogP contribution in [0.1, 0.15) is 20.8 Å². The van der Waals surface area contributed by atoms with Gasteiger partial charge in [0, 0.05) is 12.2 Å². The van der Waals surface area contributed by atoms with E-state index in [1.54, 1.807) is 26.8 Å². The standard InChI is InChI=1S/C12H14BrN3O4/c1-12(2,3)20-11(17)15-9-6-7(16(18)19)4-5-8(9)10(13)14-15/h4-6,8-9H,1-3H3. The van der Waals surface area contributed by atoms with Crippen molar-refractivity contribution in [2.75, 3.05) is 0 Å². The number of carbonyl (C=O) groups excluding carboxylic acids is 1. The molecule has 8 heteroatoms. The Morgan fingerprint density at radius 1 is 1.55 bits per heavy atom. The maximum Gasteiger partial charge on any atom is 0.431 e. The van der Waals surface area contributed by atoms with Gasteiger partial charge in [-0.1, -0.05) is 6.08 Å². The molecular formula is C12H14BrN3O4. The number of halogens is 1. The molecular weight excluding hydrogens is 330 g/mol. The van der Waals surface area contributed by atoms with Crippen LogP contribution in [-0.4, -0.2) is 32.3 Å². The second-order valence-corrected chi connectivity index (χ2v) is 6.28. The smallest absolute Gasteiger partial charge is 0.431 e. The third kappa shape index (κ3) is 2.90. The Bertz CT molecular complexity index is 547. The Kier molecular flexibility index (Phi) is 3.68. The average Bonchev–Trinajstić information content (AvgIpc) is 2.64. The highest BCUT2D eigenvalue weighted by Crippen LogP contribution is 2.32. The number of fused-ring (bicyclic) bond motifs is 1. The van der Waals surface area contributed by atoms with E-state index in [0.717, 1.165) is 5.01 Å². The SMILES string of the molecule is CC(C)(C)OC(=O)N1N=C(Br)C2C=CC([N+](=O)[O-])=CC21. The Morgan fingerprint density at radius 2 is 2.20 bits per heavy atom. The summed E-state index contributed by atoms with van der Waals surface area (Å²) in [5.74, 6) is -0.216. The highest BCUT2D eigenvalue weighted by Gasteiger charge is 2.41. The van der Waals surface area contributed by atoms with Crippen molar-refractivity contribution in [3.63, 3.8) is 0 Å². The van der Waals surface area contributed by atoms with E-state index in [1.165, 1.54) is 12.2 Å². The number of nitro groups is 1. The summed E-state index contributed by atoms with van der Waals surface area (Å²) in [4.78, 5) is 22.4. The lowest BCUT2D eigenvalue weighted by Crippen LogP contribution is -2.40. The zero-order chi connectivity index (χ0) is 15.1. The van der Waals surface area contributed by atoms with E-state index >= 15 is 0 Å². The van der Waals surface area contributed by atoms with Crippen LogP contribution in [0.5, 0.6) is 0 Å². The van der Waals surface area contributed by atoms with Crippen molar-refractivity contribution in [1.29, 1.82) is 0 Å². The van der Waals surface area contributed by atoms with E-state index in [0.29, 0.717) is 4.62 Å². The first-order valence-electron chi connectivity index (χ1n) is 5.99. The molecule has 2 rings (SSSR count). The summed E-state index contributed by atoms with van der Waals surface area (Å²) in [5, 5.41) is 16.0. The fourth-order valence-electron chi connectivity index (χ4n) is 1.92. The number of ether oxygens (including phenoxy) is 1. The predicted octanol–water partition coefficient (Wildman–Crippen LogP) is 2.66. The van der Waals surface area contributed by atoms with Gasteiger partial charge in [0.05, 0.1) is 16.9 Å². The van der Waals surface area contributed by atoms with Crippen molar-refractivity contribution >= 4 is 26.6 Å². The molecule has 20 heavy (non-hydrogen) atoms. The number of nitrogens with zero attached hydrogens (tertiary/aromatic N) is 3. The van der Waals surface area contributed by atoms with E-state index in [9.17, 15) is 14.9 Å². The number of carbonyl (C=O) groups is 1. The van der Waals surface area contributed by atoms with Crippen molar-refractivity contribution in [2.45, 2.75) is 32.4 Å². The van der Waals surface area contributed by atoms with Gasteiger partial charge < -0.3 is 4.74 Å². The molecule has 0 aromatic carbocycles. The van der Waals surface area contributed by atoms with Gasteiger partial charge in [-0.3, -0.25) is 10.1 Å². The van der Waals surface area contributed by atoms with E-state index in [2.05, 4.69) is 21.0 Å². The van der Waals surface area contributed by atoms with Gasteiger partial charge in [0.25, 0.3) is 5.70 Å². The van der Waals surface area contributed by atoms with E-state index < -0.39 is 22.7 Å². The maximum atomic E-state index is 12.1. The fraction of sp³-hybridized carbons (Fsp3) is 0.500. The van der Waals surface area contributed by atoms with Crippen LogP contribution in [0.3, 0.4) is 0 Å². The lowest BCUT2D eigenvalue weighted by Gasteiger charge is -2.27. The molecule has 2 aliphatic rings. The summed E-state index contributed by atoms with van der Waals surface area (Å²) in [5.41, 5.74) is -0.714. The quantitative estimate of drug-likeness (QED) is 0.541. The lowest BCUT2D eigenvalue weighted by atomic mass is 9.96. The molecule has 0 aromatic heterocycles. The van der Waals surface area contributed by atoms with Gasteiger partial charge in [-0.15, -0.1) is 0 Å². The van der Waals surface area contributed by atoms with Crippen LogP contribution in [-0.2, 0) is 4.74 Å². The molecule has 0 saturated carbocycles. The highest BCUT2D eigenvalue weighted by molar-refractivity contribution is 9.18. The Balaban J connectivity index is 2.25. The first-order chi connectivity index (χ1) is 9.19. The van der Waals surface area contributed by atoms with Crippen molar-refractivity contribution in [3.8, 4) is 0 Å². The third-order valence-electron chi connectivity index (χ3n) is 2.74. The van der Waals surface area contributed by atoms with Gasteiger partial charge >= 0.3 is 6.09 Å². The van der Waals surface area contributed by atoms with Gasteiger partial charge in [0.1, 0.15) is 10.2 Å². The second-order valence-electron chi connectivity index (χ2n) is 5.47.